The molecule has 0 spiro atoms. The zero-order valence-corrected chi connectivity index (χ0v) is 29.6. The standard InChI is InChI=1S/C39H60O8/c1-8-9-10-11-15-33-37(5,42)19-16-30-31(43-33)17-20-38(6)35(44-30)23-32-36(47-38)28(41)24-39(7)34(45-32)22-27(4)29(46-39)14-12-13-25(2)26(3)18-21-40/h8-10,13,18,21,27-36,41-42H,1,11-12,14-17,19-20,22-24H2,2-7H3/b10-9-,25-13+,26-18+/t27-,28-,29-,30+,31-,32+,33+,34+,35-,36-,37+,38+,39+/m0/s1. The van der Waals surface area contributed by atoms with Crippen molar-refractivity contribution >= 4 is 6.29 Å². The van der Waals surface area contributed by atoms with Crippen LogP contribution >= 0.6 is 0 Å². The minimum absolute atomic E-state index is 0.0469. The van der Waals surface area contributed by atoms with E-state index in [0.717, 1.165) is 68.8 Å². The first-order chi connectivity index (χ1) is 22.3. The highest BCUT2D eigenvalue weighted by molar-refractivity contribution is 5.67. The van der Waals surface area contributed by atoms with Crippen molar-refractivity contribution in [2.45, 2.75) is 184 Å². The third kappa shape index (κ3) is 8.22. The summed E-state index contributed by atoms with van der Waals surface area (Å²) in [5, 5.41) is 23.0. The second-order valence-corrected chi connectivity index (χ2v) is 15.7. The molecule has 264 valence electrons. The number of aldehydes is 1. The Labute approximate surface area is 282 Å². The molecule has 0 aromatic carbocycles. The Morgan fingerprint density at radius 1 is 0.894 bits per heavy atom. The van der Waals surface area contributed by atoms with E-state index in [-0.39, 0.29) is 42.7 Å². The van der Waals surface area contributed by atoms with Gasteiger partial charge in [-0.25, -0.2) is 0 Å². The highest BCUT2D eigenvalue weighted by Gasteiger charge is 2.58. The number of ether oxygens (including phenoxy) is 5. The third-order valence-corrected chi connectivity index (χ3v) is 11.9. The Bertz CT molecular complexity index is 1190. The van der Waals surface area contributed by atoms with Crippen LogP contribution < -0.4 is 0 Å². The zero-order chi connectivity index (χ0) is 34.0. The topological polar surface area (TPSA) is 104 Å². The monoisotopic (exact) mass is 656 g/mol. The Morgan fingerprint density at radius 2 is 1.60 bits per heavy atom. The van der Waals surface area contributed by atoms with Crippen molar-refractivity contribution in [1.82, 2.24) is 0 Å². The SMILES string of the molecule is C=C/C=C\CC[C@H]1O[C@H]2CC[C@@]3(C)O[C@H]4[C@@H](O)C[C@@]5(C)O[C@@H](CC/C=C(C)/C(C)=C/C=O)[C@@H](C)C[C@H]5O[C@@H]4C[C@@H]3O[C@@H]2CC[C@@]1(C)O. The van der Waals surface area contributed by atoms with Gasteiger partial charge in [0.15, 0.2) is 0 Å². The van der Waals surface area contributed by atoms with Crippen molar-refractivity contribution in [3.8, 4) is 0 Å². The number of hydrogen-bond donors (Lipinski definition) is 2. The highest BCUT2D eigenvalue weighted by atomic mass is 16.6. The summed E-state index contributed by atoms with van der Waals surface area (Å²) < 4.78 is 34.2. The smallest absolute Gasteiger partial charge is 0.143 e. The lowest BCUT2D eigenvalue weighted by Gasteiger charge is -2.49. The number of carbonyl (C=O) groups is 1. The van der Waals surface area contributed by atoms with Crippen molar-refractivity contribution in [3.63, 3.8) is 0 Å². The van der Waals surface area contributed by atoms with Gasteiger partial charge in [0.25, 0.3) is 0 Å². The minimum atomic E-state index is -0.926. The van der Waals surface area contributed by atoms with Gasteiger partial charge in [-0.3, -0.25) is 4.79 Å². The predicted molar refractivity (Wildman–Crippen MR) is 182 cm³/mol. The van der Waals surface area contributed by atoms with Crippen molar-refractivity contribution in [3.05, 3.63) is 48.1 Å². The summed E-state index contributed by atoms with van der Waals surface area (Å²) in [6.07, 6.45) is 16.0. The minimum Gasteiger partial charge on any atom is -0.390 e. The number of fused-ring (bicyclic) bond motifs is 4. The number of aliphatic hydroxyl groups excluding tert-OH is 1. The molecule has 5 rings (SSSR count). The lowest BCUT2D eigenvalue weighted by atomic mass is 9.79. The fraction of sp³-hybridized carbons (Fsp3) is 0.769. The number of allylic oxidation sites excluding steroid dienone is 7. The maximum absolute atomic E-state index is 11.7. The molecule has 0 radical (unpaired) electrons. The summed E-state index contributed by atoms with van der Waals surface area (Å²) in [5.41, 5.74) is -0.0535. The zero-order valence-electron chi connectivity index (χ0n) is 29.6. The Morgan fingerprint density at radius 3 is 2.34 bits per heavy atom. The van der Waals surface area contributed by atoms with Crippen LogP contribution in [-0.2, 0) is 28.5 Å². The lowest BCUT2D eigenvalue weighted by Crippen LogP contribution is -2.59. The van der Waals surface area contributed by atoms with E-state index in [9.17, 15) is 15.0 Å². The number of rotatable bonds is 9. The molecule has 2 N–H and O–H groups in total. The van der Waals surface area contributed by atoms with E-state index in [1.54, 1.807) is 12.2 Å². The Kier molecular flexibility index (Phi) is 11.7. The molecule has 5 heterocycles. The van der Waals surface area contributed by atoms with Gasteiger partial charge in [0, 0.05) is 12.8 Å². The first-order valence-corrected chi connectivity index (χ1v) is 18.1. The van der Waals surface area contributed by atoms with E-state index in [1.807, 2.05) is 26.8 Å². The second kappa shape index (κ2) is 15.1. The lowest BCUT2D eigenvalue weighted by molar-refractivity contribution is -0.273. The summed E-state index contributed by atoms with van der Waals surface area (Å²) in [5.74, 6) is 0.294. The molecule has 0 aromatic heterocycles. The fourth-order valence-electron chi connectivity index (χ4n) is 8.63. The molecule has 5 saturated heterocycles. The number of carbonyl (C=O) groups excluding carboxylic acids is 1. The van der Waals surface area contributed by atoms with Gasteiger partial charge >= 0.3 is 0 Å². The van der Waals surface area contributed by atoms with Gasteiger partial charge in [0.2, 0.25) is 0 Å². The maximum Gasteiger partial charge on any atom is 0.143 e. The van der Waals surface area contributed by atoms with Gasteiger partial charge < -0.3 is 33.9 Å². The van der Waals surface area contributed by atoms with Gasteiger partial charge in [0.05, 0.1) is 65.6 Å². The van der Waals surface area contributed by atoms with E-state index < -0.39 is 29.0 Å². The van der Waals surface area contributed by atoms with Crippen molar-refractivity contribution in [2.75, 3.05) is 0 Å². The molecular formula is C39H60O8. The molecule has 8 heteroatoms. The van der Waals surface area contributed by atoms with Crippen LogP contribution in [0.3, 0.4) is 0 Å². The normalized spacial score (nSPS) is 46.2. The molecule has 0 bridgehead atoms. The van der Waals surface area contributed by atoms with Crippen LogP contribution in [0.1, 0.15) is 112 Å². The number of hydrogen-bond acceptors (Lipinski definition) is 8. The highest BCUT2D eigenvalue weighted by Crippen LogP contribution is 2.49. The molecule has 0 saturated carbocycles. The van der Waals surface area contributed by atoms with Gasteiger partial charge in [-0.05, 0) is 110 Å². The molecular weight excluding hydrogens is 596 g/mol. The molecule has 5 fully saturated rings. The van der Waals surface area contributed by atoms with Gasteiger partial charge in [-0.1, -0.05) is 43.4 Å². The predicted octanol–water partition coefficient (Wildman–Crippen LogP) is 6.48. The van der Waals surface area contributed by atoms with Gasteiger partial charge in [-0.15, -0.1) is 0 Å². The largest absolute Gasteiger partial charge is 0.390 e. The van der Waals surface area contributed by atoms with E-state index in [4.69, 9.17) is 23.7 Å². The summed E-state index contributed by atoms with van der Waals surface area (Å²) in [4.78, 5) is 10.9. The van der Waals surface area contributed by atoms with Crippen LogP contribution in [0.5, 0.6) is 0 Å². The molecule has 0 unspecified atom stereocenters. The van der Waals surface area contributed by atoms with E-state index in [1.165, 1.54) is 0 Å². The van der Waals surface area contributed by atoms with Crippen LogP contribution in [-0.4, -0.2) is 88.2 Å². The summed E-state index contributed by atoms with van der Waals surface area (Å²) in [7, 11) is 0. The van der Waals surface area contributed by atoms with Gasteiger partial charge in [0.1, 0.15) is 12.4 Å². The molecule has 5 aliphatic rings. The van der Waals surface area contributed by atoms with E-state index >= 15 is 0 Å². The Balaban J connectivity index is 1.26. The first kappa shape index (κ1) is 36.6. The van der Waals surface area contributed by atoms with E-state index in [2.05, 4.69) is 39.5 Å². The average molecular weight is 657 g/mol. The van der Waals surface area contributed by atoms with Crippen LogP contribution in [0.15, 0.2) is 48.1 Å². The molecule has 0 aromatic rings. The molecule has 5 aliphatic heterocycles. The van der Waals surface area contributed by atoms with Crippen molar-refractivity contribution < 1.29 is 38.7 Å². The van der Waals surface area contributed by atoms with Crippen molar-refractivity contribution in [2.24, 2.45) is 5.92 Å². The van der Waals surface area contributed by atoms with Gasteiger partial charge in [-0.2, -0.15) is 0 Å². The fourth-order valence-corrected chi connectivity index (χ4v) is 8.63. The Hall–Kier alpha value is -1.65. The first-order valence-electron chi connectivity index (χ1n) is 18.1. The summed E-state index contributed by atoms with van der Waals surface area (Å²) in [6, 6.07) is 0. The molecule has 13 atom stereocenters. The van der Waals surface area contributed by atoms with Crippen molar-refractivity contribution in [1.29, 1.82) is 0 Å². The average Bonchev–Trinajstić information content (AvgIpc) is 3.27. The van der Waals surface area contributed by atoms with Crippen LogP contribution in [0.25, 0.3) is 0 Å². The molecule has 8 nitrogen and oxygen atoms in total. The maximum atomic E-state index is 11.7. The molecule has 47 heavy (non-hydrogen) atoms. The summed E-state index contributed by atoms with van der Waals surface area (Å²) in [6.45, 7) is 16.1. The number of aliphatic hydroxyl groups is 2. The van der Waals surface area contributed by atoms with Crippen LogP contribution in [0.2, 0.25) is 0 Å². The third-order valence-electron chi connectivity index (χ3n) is 11.9. The van der Waals surface area contributed by atoms with Crippen LogP contribution in [0, 0.1) is 5.92 Å². The summed E-state index contributed by atoms with van der Waals surface area (Å²) >= 11 is 0. The second-order valence-electron chi connectivity index (χ2n) is 15.7. The van der Waals surface area contributed by atoms with Crippen LogP contribution in [0.4, 0.5) is 0 Å². The van der Waals surface area contributed by atoms with E-state index in [0.29, 0.717) is 25.2 Å². The quantitative estimate of drug-likeness (QED) is 0.165. The molecule has 0 amide bonds. The molecule has 0 aliphatic carbocycles.